The van der Waals surface area contributed by atoms with E-state index in [9.17, 15) is 0 Å². The average Bonchev–Trinajstić information content (AvgIpc) is 1.90. The van der Waals surface area contributed by atoms with E-state index in [1.165, 1.54) is 0 Å². The van der Waals surface area contributed by atoms with Gasteiger partial charge in [0.15, 0.2) is 9.76 Å². The van der Waals surface area contributed by atoms with Crippen LogP contribution in [-0.4, -0.2) is 33.4 Å². The maximum absolute atomic E-state index is 8.68. The van der Waals surface area contributed by atoms with Gasteiger partial charge in [-0.15, -0.1) is 0 Å². The third kappa shape index (κ3) is 2.88. The average molecular weight is 132 g/mol. The van der Waals surface area contributed by atoms with Gasteiger partial charge in [-0.3, -0.25) is 0 Å². The molecule has 1 rings (SSSR count). The monoisotopic (exact) mass is 132 g/mol. The Bertz CT molecular complexity index is 154. The molecule has 0 aliphatic carbocycles. The molecule has 0 aliphatic heterocycles. The second kappa shape index (κ2) is 4.83. The summed E-state index contributed by atoms with van der Waals surface area (Å²) in [6.45, 7) is 0. The van der Waals surface area contributed by atoms with Gasteiger partial charge in [-0.1, -0.05) is 30.3 Å². The standard InChI is InChI=1S/C6H8OSi.Li.H/c7-8-6-4-2-1-3-5-6;;/h1-5,7H,8H2;;. The molecule has 44 valence electrons. The summed E-state index contributed by atoms with van der Waals surface area (Å²) in [6, 6.07) is 9.74. The molecule has 0 bridgehead atoms. The molecule has 0 saturated heterocycles. The summed E-state index contributed by atoms with van der Waals surface area (Å²) < 4.78 is 0. The summed E-state index contributed by atoms with van der Waals surface area (Å²) in [5.41, 5.74) is 0. The van der Waals surface area contributed by atoms with Gasteiger partial charge in [0.05, 0.1) is 0 Å². The molecule has 0 saturated carbocycles. The Morgan fingerprint density at radius 2 is 1.67 bits per heavy atom. The Kier molecular flexibility index (Phi) is 4.83. The molecule has 0 spiro atoms. The predicted octanol–water partition coefficient (Wildman–Crippen LogP) is -1.26. The first-order chi connectivity index (χ1) is 3.93. The van der Waals surface area contributed by atoms with Crippen LogP contribution >= 0.6 is 0 Å². The van der Waals surface area contributed by atoms with E-state index in [1.807, 2.05) is 30.3 Å². The topological polar surface area (TPSA) is 20.2 Å². The van der Waals surface area contributed by atoms with E-state index in [0.29, 0.717) is 0 Å². The van der Waals surface area contributed by atoms with Crippen molar-refractivity contribution in [2.24, 2.45) is 0 Å². The van der Waals surface area contributed by atoms with Crippen molar-refractivity contribution in [3.05, 3.63) is 30.3 Å². The Morgan fingerprint density at radius 1 is 1.11 bits per heavy atom. The van der Waals surface area contributed by atoms with Crippen LogP contribution in [0, 0.1) is 0 Å². The first-order valence-corrected chi connectivity index (χ1v) is 3.92. The van der Waals surface area contributed by atoms with Gasteiger partial charge in [-0.05, 0) is 5.19 Å². The fraction of sp³-hybridized carbons (Fsp3) is 0. The van der Waals surface area contributed by atoms with E-state index in [1.54, 1.807) is 0 Å². The van der Waals surface area contributed by atoms with Gasteiger partial charge >= 0.3 is 18.9 Å². The Balaban J connectivity index is 0.000000640. The van der Waals surface area contributed by atoms with Crippen molar-refractivity contribution in [2.45, 2.75) is 0 Å². The minimum absolute atomic E-state index is 0. The summed E-state index contributed by atoms with van der Waals surface area (Å²) in [6.07, 6.45) is 0. The van der Waals surface area contributed by atoms with Crippen molar-refractivity contribution in [1.29, 1.82) is 0 Å². The van der Waals surface area contributed by atoms with Gasteiger partial charge in [-0.2, -0.15) is 0 Å². The molecule has 1 N–H and O–H groups in total. The van der Waals surface area contributed by atoms with E-state index in [0.717, 1.165) is 5.19 Å². The molecule has 0 heterocycles. The van der Waals surface area contributed by atoms with Crippen LogP contribution in [0.2, 0.25) is 0 Å². The second-order valence-electron chi connectivity index (χ2n) is 1.64. The summed E-state index contributed by atoms with van der Waals surface area (Å²) in [7, 11) is -0.909. The van der Waals surface area contributed by atoms with Crippen LogP contribution in [0.1, 0.15) is 0 Å². The third-order valence-corrected chi connectivity index (χ3v) is 1.86. The molecular formula is C6H9LiOSi. The maximum atomic E-state index is 8.68. The van der Waals surface area contributed by atoms with E-state index in [4.69, 9.17) is 4.80 Å². The predicted molar refractivity (Wildman–Crippen MR) is 44.0 cm³/mol. The first-order valence-electron chi connectivity index (χ1n) is 2.58. The molecule has 3 heteroatoms. The molecule has 0 amide bonds. The van der Waals surface area contributed by atoms with Crippen LogP contribution in [0.3, 0.4) is 0 Å². The van der Waals surface area contributed by atoms with Crippen LogP contribution in [0.25, 0.3) is 0 Å². The SMILES string of the molecule is O[SiH2]c1ccccc1.[LiH]. The number of benzene rings is 1. The summed E-state index contributed by atoms with van der Waals surface area (Å²) in [5, 5.41) is 1.10. The van der Waals surface area contributed by atoms with E-state index < -0.39 is 9.76 Å². The molecule has 0 unspecified atom stereocenters. The van der Waals surface area contributed by atoms with Crippen molar-refractivity contribution in [1.82, 2.24) is 0 Å². The van der Waals surface area contributed by atoms with Gasteiger partial charge in [0, 0.05) is 0 Å². The van der Waals surface area contributed by atoms with Crippen LogP contribution in [-0.2, 0) is 0 Å². The molecule has 1 aromatic rings. The normalized spacial score (nSPS) is 9.44. The van der Waals surface area contributed by atoms with Gasteiger partial charge in [0.2, 0.25) is 0 Å². The van der Waals surface area contributed by atoms with Crippen LogP contribution in [0.5, 0.6) is 0 Å². The quantitative estimate of drug-likeness (QED) is 0.473. The molecule has 0 aliphatic rings. The molecule has 9 heavy (non-hydrogen) atoms. The molecular weight excluding hydrogens is 123 g/mol. The summed E-state index contributed by atoms with van der Waals surface area (Å²) in [5.74, 6) is 0. The fourth-order valence-electron chi connectivity index (χ4n) is 0.583. The Hall–Kier alpha value is -0.00571. The van der Waals surface area contributed by atoms with Crippen molar-refractivity contribution >= 4 is 33.8 Å². The zero-order valence-electron chi connectivity index (χ0n) is 4.54. The molecule has 1 nitrogen and oxygen atoms in total. The molecule has 0 radical (unpaired) electrons. The molecule has 1 aromatic carbocycles. The zero-order valence-corrected chi connectivity index (χ0v) is 5.96. The van der Waals surface area contributed by atoms with Gasteiger partial charge in [0.1, 0.15) is 0 Å². The zero-order chi connectivity index (χ0) is 5.82. The Labute approximate surface area is 69.2 Å². The second-order valence-corrected chi connectivity index (χ2v) is 2.78. The third-order valence-electron chi connectivity index (χ3n) is 1.03. The van der Waals surface area contributed by atoms with Gasteiger partial charge in [0.25, 0.3) is 0 Å². The van der Waals surface area contributed by atoms with Crippen molar-refractivity contribution in [3.8, 4) is 0 Å². The fourth-order valence-corrected chi connectivity index (χ4v) is 1.07. The van der Waals surface area contributed by atoms with Crippen LogP contribution in [0.15, 0.2) is 30.3 Å². The van der Waals surface area contributed by atoms with Crippen LogP contribution < -0.4 is 5.19 Å². The van der Waals surface area contributed by atoms with E-state index in [-0.39, 0.29) is 18.9 Å². The molecule has 0 fully saturated rings. The number of hydrogen-bond donors (Lipinski definition) is 1. The number of rotatable bonds is 1. The van der Waals surface area contributed by atoms with E-state index >= 15 is 0 Å². The van der Waals surface area contributed by atoms with Gasteiger partial charge in [-0.25, -0.2) is 0 Å². The minimum atomic E-state index is -0.909. The van der Waals surface area contributed by atoms with Crippen molar-refractivity contribution < 1.29 is 4.80 Å². The van der Waals surface area contributed by atoms with Gasteiger partial charge < -0.3 is 4.80 Å². The summed E-state index contributed by atoms with van der Waals surface area (Å²) >= 11 is 0. The number of hydrogen-bond acceptors (Lipinski definition) is 1. The molecule has 0 atom stereocenters. The van der Waals surface area contributed by atoms with E-state index in [2.05, 4.69) is 0 Å². The molecule has 0 aromatic heterocycles. The Morgan fingerprint density at radius 3 is 2.00 bits per heavy atom. The van der Waals surface area contributed by atoms with Crippen molar-refractivity contribution in [2.75, 3.05) is 0 Å². The van der Waals surface area contributed by atoms with Crippen molar-refractivity contribution in [3.63, 3.8) is 0 Å². The first kappa shape index (κ1) is 8.99. The summed E-state index contributed by atoms with van der Waals surface area (Å²) in [4.78, 5) is 8.68. The van der Waals surface area contributed by atoms with Crippen LogP contribution in [0.4, 0.5) is 0 Å².